The number of nitrogens with zero attached hydrogens (tertiary/aromatic N) is 2. The van der Waals surface area contributed by atoms with Gasteiger partial charge in [-0.25, -0.2) is 8.78 Å². The molecule has 0 amide bonds. The molecular formula is C27H28F2N4O4. The first-order chi connectivity index (χ1) is 17.5. The molecule has 1 aliphatic heterocycles. The third-order valence-electron chi connectivity index (χ3n) is 5.98. The second-order valence-corrected chi connectivity index (χ2v) is 9.31. The molecule has 0 radical (unpaired) electrons. The number of nitrogens with two attached hydrogens (primary N) is 1. The Balaban J connectivity index is 1.55. The van der Waals surface area contributed by atoms with E-state index in [1.165, 1.54) is 17.0 Å². The first-order valence-electron chi connectivity index (χ1n) is 11.5. The van der Waals surface area contributed by atoms with Crippen LogP contribution < -0.4 is 25.0 Å². The molecule has 1 aliphatic rings. The molecule has 194 valence electrons. The van der Waals surface area contributed by atoms with E-state index in [2.05, 4.69) is 0 Å². The Hall–Kier alpha value is -4.34. The molecule has 1 atom stereocenters. The number of anilines is 2. The smallest absolute Gasteiger partial charge is 0.323 e. The van der Waals surface area contributed by atoms with Gasteiger partial charge in [0.25, 0.3) is 0 Å². The predicted octanol–water partition coefficient (Wildman–Crippen LogP) is 4.01. The van der Waals surface area contributed by atoms with Crippen LogP contribution in [-0.2, 0) is 11.3 Å². The van der Waals surface area contributed by atoms with Gasteiger partial charge < -0.3 is 30.1 Å². The van der Waals surface area contributed by atoms with Crippen LogP contribution >= 0.6 is 0 Å². The van der Waals surface area contributed by atoms with Crippen LogP contribution in [0.15, 0.2) is 60.7 Å². The van der Waals surface area contributed by atoms with Crippen molar-refractivity contribution in [2.75, 3.05) is 36.5 Å². The number of carboxylic acids is 1. The van der Waals surface area contributed by atoms with Crippen LogP contribution in [0.25, 0.3) is 0 Å². The fourth-order valence-electron chi connectivity index (χ4n) is 4.35. The van der Waals surface area contributed by atoms with Gasteiger partial charge in [0.05, 0.1) is 12.2 Å². The topological polar surface area (TPSA) is 112 Å². The summed E-state index contributed by atoms with van der Waals surface area (Å²) in [5, 5.41) is 17.0. The number of rotatable bonds is 9. The van der Waals surface area contributed by atoms with E-state index in [4.69, 9.17) is 20.6 Å². The van der Waals surface area contributed by atoms with Gasteiger partial charge in [0.2, 0.25) is 0 Å². The summed E-state index contributed by atoms with van der Waals surface area (Å²) in [6.07, 6.45) is 0. The molecule has 4 N–H and O–H groups in total. The van der Waals surface area contributed by atoms with E-state index in [0.717, 1.165) is 11.8 Å². The van der Waals surface area contributed by atoms with E-state index in [9.17, 15) is 18.7 Å². The highest BCUT2D eigenvalue weighted by atomic mass is 19.1. The number of nitrogen functional groups attached to an aromatic ring is 1. The Labute approximate surface area is 213 Å². The Kier molecular flexibility index (Phi) is 7.19. The number of nitrogens with one attached hydrogen (secondary N) is 1. The molecule has 4 rings (SSSR count). The molecule has 1 heterocycles. The monoisotopic (exact) mass is 510 g/mol. The zero-order valence-electron chi connectivity index (χ0n) is 20.5. The number of likely N-dealkylation sites (N-methyl/N-ethyl adjacent to an activating group) is 1. The second kappa shape index (κ2) is 10.3. The van der Waals surface area contributed by atoms with Crippen LogP contribution in [0.1, 0.15) is 18.1 Å². The van der Waals surface area contributed by atoms with Gasteiger partial charge in [0.15, 0.2) is 5.60 Å². The summed E-state index contributed by atoms with van der Waals surface area (Å²) < 4.78 is 39.7. The van der Waals surface area contributed by atoms with Gasteiger partial charge in [-0.2, -0.15) is 0 Å². The predicted molar refractivity (Wildman–Crippen MR) is 137 cm³/mol. The van der Waals surface area contributed by atoms with Crippen LogP contribution in [0.2, 0.25) is 0 Å². The van der Waals surface area contributed by atoms with Crippen molar-refractivity contribution in [1.29, 1.82) is 5.41 Å². The fourth-order valence-corrected chi connectivity index (χ4v) is 4.35. The number of fused-ring (bicyclic) bond motifs is 1. The van der Waals surface area contributed by atoms with Crippen molar-refractivity contribution in [3.63, 3.8) is 0 Å². The lowest BCUT2D eigenvalue weighted by Crippen LogP contribution is -2.51. The zero-order valence-corrected chi connectivity index (χ0v) is 20.5. The number of carbonyl (C=O) groups is 1. The summed E-state index contributed by atoms with van der Waals surface area (Å²) >= 11 is 0. The maximum absolute atomic E-state index is 13.7. The zero-order chi connectivity index (χ0) is 26.7. The molecule has 0 fully saturated rings. The van der Waals surface area contributed by atoms with E-state index in [1.54, 1.807) is 36.4 Å². The van der Waals surface area contributed by atoms with Gasteiger partial charge in [-0.15, -0.1) is 0 Å². The normalized spacial score (nSPS) is 16.5. The standard InChI is InChI=1S/C27H28F2N4O4/c1-27(16-36-22-6-3-18(4-7-22)26(30)31)15-32(2)23-8-5-21(12-24(23)37-27)33(14-25(34)35)13-17-9-19(28)11-20(29)10-17/h3-12H,13-16H2,1-2H3,(H3,30,31)(H,34,35). The number of amidine groups is 1. The van der Waals surface area contributed by atoms with Gasteiger partial charge in [0.1, 0.15) is 42.1 Å². The van der Waals surface area contributed by atoms with Crippen molar-refractivity contribution in [2.24, 2.45) is 5.73 Å². The second-order valence-electron chi connectivity index (χ2n) is 9.31. The number of hydrogen-bond donors (Lipinski definition) is 3. The molecule has 0 spiro atoms. The minimum Gasteiger partial charge on any atom is -0.489 e. The minimum absolute atomic E-state index is 0.00770. The summed E-state index contributed by atoms with van der Waals surface area (Å²) in [4.78, 5) is 15.1. The average molecular weight is 511 g/mol. The molecule has 0 saturated heterocycles. The van der Waals surface area contributed by atoms with Crippen LogP contribution in [0.4, 0.5) is 20.2 Å². The third-order valence-corrected chi connectivity index (χ3v) is 5.98. The molecule has 8 nitrogen and oxygen atoms in total. The van der Waals surface area contributed by atoms with Gasteiger partial charge in [0, 0.05) is 37.0 Å². The van der Waals surface area contributed by atoms with Gasteiger partial charge in [-0.1, -0.05) is 0 Å². The molecule has 10 heteroatoms. The van der Waals surface area contributed by atoms with Crippen molar-refractivity contribution >= 4 is 23.2 Å². The molecule has 0 aromatic heterocycles. The average Bonchev–Trinajstić information content (AvgIpc) is 2.81. The van der Waals surface area contributed by atoms with E-state index in [1.807, 2.05) is 24.9 Å². The molecule has 1 unspecified atom stereocenters. The van der Waals surface area contributed by atoms with Crippen molar-refractivity contribution in [1.82, 2.24) is 0 Å². The maximum Gasteiger partial charge on any atom is 0.323 e. The summed E-state index contributed by atoms with van der Waals surface area (Å²) in [5.74, 6) is -1.43. The van der Waals surface area contributed by atoms with Crippen LogP contribution in [0, 0.1) is 17.0 Å². The van der Waals surface area contributed by atoms with Crippen LogP contribution in [0.3, 0.4) is 0 Å². The third kappa shape index (κ3) is 6.27. The highest BCUT2D eigenvalue weighted by Gasteiger charge is 2.36. The molecule has 3 aromatic rings. The van der Waals surface area contributed by atoms with E-state index in [0.29, 0.717) is 34.9 Å². The number of hydrogen-bond acceptors (Lipinski definition) is 6. The highest BCUT2D eigenvalue weighted by Crippen LogP contribution is 2.39. The van der Waals surface area contributed by atoms with E-state index < -0.39 is 23.2 Å². The summed E-state index contributed by atoms with van der Waals surface area (Å²) in [6, 6.07) is 15.3. The lowest BCUT2D eigenvalue weighted by atomic mass is 10.0. The fraction of sp³-hybridized carbons (Fsp3) is 0.259. The number of ether oxygens (including phenoxy) is 2. The Morgan fingerprint density at radius 1 is 1.16 bits per heavy atom. The first-order valence-corrected chi connectivity index (χ1v) is 11.5. The molecule has 37 heavy (non-hydrogen) atoms. The first kappa shape index (κ1) is 25.7. The summed E-state index contributed by atoms with van der Waals surface area (Å²) in [6.45, 7) is 2.29. The largest absolute Gasteiger partial charge is 0.489 e. The molecule has 0 bridgehead atoms. The number of aliphatic carboxylic acids is 1. The van der Waals surface area contributed by atoms with Gasteiger partial charge in [-0.05, 0) is 61.0 Å². The Morgan fingerprint density at radius 3 is 2.46 bits per heavy atom. The van der Waals surface area contributed by atoms with Crippen molar-refractivity contribution in [2.45, 2.75) is 19.1 Å². The van der Waals surface area contributed by atoms with Crippen LogP contribution in [0.5, 0.6) is 11.5 Å². The van der Waals surface area contributed by atoms with E-state index in [-0.39, 0.29) is 25.5 Å². The van der Waals surface area contributed by atoms with Crippen LogP contribution in [-0.4, -0.2) is 49.3 Å². The lowest BCUT2D eigenvalue weighted by Gasteiger charge is -2.41. The molecule has 0 aliphatic carbocycles. The lowest BCUT2D eigenvalue weighted by molar-refractivity contribution is -0.135. The number of halogens is 2. The number of carboxylic acid groups (broad SMARTS) is 1. The maximum atomic E-state index is 13.7. The van der Waals surface area contributed by atoms with Gasteiger partial charge in [-0.3, -0.25) is 10.2 Å². The summed E-state index contributed by atoms with van der Waals surface area (Å²) in [5.41, 5.74) is 7.02. The number of benzene rings is 3. The molecule has 3 aromatic carbocycles. The quantitative estimate of drug-likeness (QED) is 0.295. The van der Waals surface area contributed by atoms with E-state index >= 15 is 0 Å². The van der Waals surface area contributed by atoms with Crippen molar-refractivity contribution in [3.8, 4) is 11.5 Å². The Morgan fingerprint density at radius 2 is 1.84 bits per heavy atom. The highest BCUT2D eigenvalue weighted by molar-refractivity contribution is 5.94. The minimum atomic E-state index is -1.08. The summed E-state index contributed by atoms with van der Waals surface area (Å²) in [7, 11) is 1.92. The molecular weight excluding hydrogens is 482 g/mol. The Bertz CT molecular complexity index is 1300. The van der Waals surface area contributed by atoms with Crippen molar-refractivity contribution in [3.05, 3.63) is 83.4 Å². The van der Waals surface area contributed by atoms with Crippen molar-refractivity contribution < 1.29 is 28.2 Å². The van der Waals surface area contributed by atoms with Gasteiger partial charge >= 0.3 is 5.97 Å². The molecule has 0 saturated carbocycles. The SMILES string of the molecule is CN1CC(C)(COc2ccc(C(=N)N)cc2)Oc2cc(N(CC(=O)O)Cc3cc(F)cc(F)c3)ccc21.